The molecule has 0 atom stereocenters. The molecule has 0 aromatic carbocycles. The molecule has 19 nitrogen and oxygen atoms in total. The number of nitrogens with two attached hydrogens (primary N) is 2. The summed E-state index contributed by atoms with van der Waals surface area (Å²) in [7, 11) is -9.59. The third-order valence-electron chi connectivity index (χ3n) is 6.10. The number of ether oxygens (including phenoxy) is 2. The van der Waals surface area contributed by atoms with Gasteiger partial charge in [0.15, 0.2) is 24.5 Å². The summed E-state index contributed by atoms with van der Waals surface area (Å²) in [6.45, 7) is 11.0. The molecule has 0 saturated carbocycles. The lowest BCUT2D eigenvalue weighted by Crippen LogP contribution is -2.21. The van der Waals surface area contributed by atoms with Crippen LogP contribution in [0.15, 0.2) is 22.7 Å². The topological polar surface area (TPSA) is 275 Å². The van der Waals surface area contributed by atoms with E-state index in [2.05, 4.69) is 72.1 Å². The van der Waals surface area contributed by atoms with Gasteiger partial charge in [-0.25, -0.2) is 19.9 Å². The lowest BCUT2D eigenvalue weighted by Gasteiger charge is -2.20. The van der Waals surface area contributed by atoms with E-state index in [4.69, 9.17) is 36.0 Å². The molecular weight excluding hydrogens is 935 g/mol. The minimum atomic E-state index is -4.92. The van der Waals surface area contributed by atoms with Crippen molar-refractivity contribution in [1.82, 2.24) is 39.0 Å². The summed E-state index contributed by atoms with van der Waals surface area (Å²) in [6.07, 6.45) is -6.66. The Labute approximate surface area is 364 Å². The van der Waals surface area contributed by atoms with Crippen LogP contribution in [0.25, 0.3) is 22.3 Å². The van der Waals surface area contributed by atoms with Crippen molar-refractivity contribution in [3.05, 3.63) is 12.7 Å². The molecule has 0 spiro atoms. The molecule has 0 aliphatic carbocycles. The molecule has 0 saturated heterocycles. The molecule has 0 fully saturated rings. The van der Waals surface area contributed by atoms with Crippen LogP contribution in [0.5, 0.6) is 0 Å². The van der Waals surface area contributed by atoms with Gasteiger partial charge in [0.2, 0.25) is 11.9 Å². The number of alkyl halides is 6. The smallest absolute Gasteiger partial charge is 0.368 e. The van der Waals surface area contributed by atoms with Crippen molar-refractivity contribution in [3.63, 3.8) is 0 Å². The van der Waals surface area contributed by atoms with Crippen LogP contribution in [0.1, 0.15) is 33.6 Å². The number of hydrogen-bond acceptors (Lipinski definition) is 17. The molecule has 0 aliphatic heterocycles. The predicted molar refractivity (Wildman–Crippen MR) is 227 cm³/mol. The van der Waals surface area contributed by atoms with E-state index < -0.39 is 61.5 Å². The van der Waals surface area contributed by atoms with Gasteiger partial charge in [-0.3, -0.25) is 18.2 Å². The fourth-order valence-corrected chi connectivity index (χ4v) is 7.24. The van der Waals surface area contributed by atoms with Gasteiger partial charge in [-0.1, -0.05) is 40.0 Å². The van der Waals surface area contributed by atoms with Crippen LogP contribution < -0.4 is 11.5 Å². The zero-order valence-electron chi connectivity index (χ0n) is 35.1. The lowest BCUT2D eigenvalue weighted by molar-refractivity contribution is -0.166. The first-order valence-electron chi connectivity index (χ1n) is 18.4. The molecule has 6 N–H and O–H groups in total. The van der Waals surface area contributed by atoms with Crippen molar-refractivity contribution in [2.45, 2.75) is 95.3 Å². The summed E-state index contributed by atoms with van der Waals surface area (Å²) >= 11 is 3.00. The summed E-state index contributed by atoms with van der Waals surface area (Å²) in [5.41, 5.74) is 13.5. The number of fused-ring (bicyclic) bond motifs is 2. The van der Waals surface area contributed by atoms with Crippen molar-refractivity contribution in [2.75, 3.05) is 62.1 Å². The lowest BCUT2D eigenvalue weighted by atomic mass is 10.5. The van der Waals surface area contributed by atoms with Gasteiger partial charge in [0.05, 0.1) is 31.9 Å². The van der Waals surface area contributed by atoms with Crippen LogP contribution in [-0.4, -0.2) is 120 Å². The molecule has 4 heterocycles. The Hall–Kier alpha value is -3.09. The van der Waals surface area contributed by atoms with Crippen LogP contribution in [0.2, 0.25) is 26.2 Å². The summed E-state index contributed by atoms with van der Waals surface area (Å²) in [5, 5.41) is 8.62. The zero-order chi connectivity index (χ0) is 47.4. The third-order valence-corrected chi connectivity index (χ3v) is 10.5. The first kappa shape index (κ1) is 56.9. The fraction of sp³-hybridized carbons (Fsp3) is 0.656. The highest BCUT2D eigenvalue weighted by Gasteiger charge is 2.38. The monoisotopic (exact) mass is 987 g/mol. The maximum atomic E-state index is 12.3. The Kier molecular flexibility index (Phi) is 24.5. The Morgan fingerprint density at radius 1 is 0.758 bits per heavy atom. The van der Waals surface area contributed by atoms with E-state index in [0.29, 0.717) is 33.9 Å². The van der Waals surface area contributed by atoms with E-state index in [1.54, 1.807) is 28.7 Å². The first-order chi connectivity index (χ1) is 28.6. The average Bonchev–Trinajstić information content (AvgIpc) is 3.74. The second-order valence-electron chi connectivity index (χ2n) is 14.0. The van der Waals surface area contributed by atoms with E-state index in [9.17, 15) is 35.5 Å². The number of thioether (sulfide) groups is 2. The Balaban J connectivity index is 0.000000552. The maximum absolute atomic E-state index is 12.3. The summed E-state index contributed by atoms with van der Waals surface area (Å²) in [4.78, 5) is 42.6. The number of aromatic nitrogens is 8. The van der Waals surface area contributed by atoms with E-state index in [-0.39, 0.29) is 31.7 Å². The van der Waals surface area contributed by atoms with Crippen LogP contribution in [0, 0.1) is 11.3 Å². The summed E-state index contributed by atoms with van der Waals surface area (Å²) < 4.78 is 118. The summed E-state index contributed by atoms with van der Waals surface area (Å²) in [5.74, 6) is 1.85. The molecule has 352 valence electrons. The van der Waals surface area contributed by atoms with Gasteiger partial charge < -0.3 is 39.9 Å². The molecule has 0 unspecified atom stereocenters. The highest BCUT2D eigenvalue weighted by molar-refractivity contribution is 7.99. The Bertz CT molecular complexity index is 2070. The van der Waals surface area contributed by atoms with Crippen LogP contribution in [-0.2, 0) is 40.7 Å². The van der Waals surface area contributed by atoms with Gasteiger partial charge in [0.25, 0.3) is 0 Å². The quantitative estimate of drug-likeness (QED) is 0.0164. The number of imidazole rings is 2. The van der Waals surface area contributed by atoms with Gasteiger partial charge in [0.1, 0.15) is 33.8 Å². The molecule has 0 radical (unpaired) electrons. The minimum Gasteiger partial charge on any atom is -0.368 e. The number of rotatable bonds is 20. The molecule has 4 aromatic rings. The molecule has 4 rings (SSSR count). The van der Waals surface area contributed by atoms with E-state index in [1.165, 1.54) is 29.6 Å². The van der Waals surface area contributed by atoms with Crippen molar-refractivity contribution >= 4 is 81.0 Å². The number of halogens is 6. The summed E-state index contributed by atoms with van der Waals surface area (Å²) in [6, 6.07) is 1.75. The maximum Gasteiger partial charge on any atom is 0.412 e. The van der Waals surface area contributed by atoms with Crippen LogP contribution >= 0.6 is 38.7 Å². The fourth-order valence-electron chi connectivity index (χ4n) is 3.94. The number of nitrogens with zero attached hydrogens (tertiary/aromatic N) is 9. The Morgan fingerprint density at radius 3 is 1.44 bits per heavy atom. The number of anilines is 2. The van der Waals surface area contributed by atoms with Gasteiger partial charge in [0, 0.05) is 28.1 Å². The number of nitrogen functional groups attached to an aromatic ring is 2. The van der Waals surface area contributed by atoms with Gasteiger partial charge in [-0.05, 0) is 24.3 Å². The molecular formula is C32H53F6N11O8P2S2Si. The Morgan fingerprint density at radius 2 is 1.11 bits per heavy atom. The molecule has 4 aromatic heterocycles. The van der Waals surface area contributed by atoms with Gasteiger partial charge in [-0.2, -0.15) is 41.6 Å². The van der Waals surface area contributed by atoms with Crippen molar-refractivity contribution in [2.24, 2.45) is 0 Å². The molecule has 0 bridgehead atoms. The standard InChI is InChI=1S/C15H20F6N5O4PS.C11H18N5O4PS.C4H12Si.C2H3N/c1-2-5-32-12-10-11(24-13(22)25-12)26(8-23-10)3-4-28-9-31(27,29-6-14(16,17)18)30-7-15(19,20)21;1-2-5-22-10-8-9(14-11(12)15-10)16(6-13-8)3-4-20-7-21(17,18)19;1-5(2,3)4;1-2-3/h8H,2-7,9H2,1H3,(H2,22,24,25);6H,2-5,7H2,1H3,(H2,12,14,15)(H2,17,18,19);1-4H3;1H3. The normalized spacial score (nSPS) is 12.2. The largest absolute Gasteiger partial charge is 0.412 e. The predicted octanol–water partition coefficient (Wildman–Crippen LogP) is 7.78. The van der Waals surface area contributed by atoms with Crippen molar-refractivity contribution in [1.29, 1.82) is 5.26 Å². The number of nitriles is 1. The van der Waals surface area contributed by atoms with Gasteiger partial charge in [-0.15, -0.1) is 23.5 Å². The minimum absolute atomic E-state index is 0.00405. The third kappa shape index (κ3) is 24.7. The second-order valence-corrected chi connectivity index (χ2v) is 25.8. The van der Waals surface area contributed by atoms with Crippen molar-refractivity contribution in [3.8, 4) is 6.07 Å². The highest BCUT2D eigenvalue weighted by Crippen LogP contribution is 2.50. The zero-order valence-corrected chi connectivity index (χ0v) is 39.6. The van der Waals surface area contributed by atoms with E-state index >= 15 is 0 Å². The van der Waals surface area contributed by atoms with Gasteiger partial charge >= 0.3 is 27.5 Å². The van der Waals surface area contributed by atoms with Crippen molar-refractivity contribution < 1.29 is 63.8 Å². The SMILES string of the molecule is CC#N.CCCSc1nc(N)nc2c1ncn2CCOCP(=O)(O)O.CCCSc1nc(N)nc2c1ncn2CCOCP(=O)(OCC(F)(F)F)OCC(F)(F)F.C[Si](C)(C)C. The molecule has 62 heavy (non-hydrogen) atoms. The highest BCUT2D eigenvalue weighted by atomic mass is 32.2. The molecule has 0 amide bonds. The second kappa shape index (κ2) is 26.6. The molecule has 0 aliphatic rings. The van der Waals surface area contributed by atoms with Crippen LogP contribution in [0.3, 0.4) is 0 Å². The van der Waals surface area contributed by atoms with E-state index in [1.807, 2.05) is 6.92 Å². The van der Waals surface area contributed by atoms with Crippen LogP contribution in [0.4, 0.5) is 38.2 Å². The average molecular weight is 988 g/mol. The van der Waals surface area contributed by atoms with E-state index in [0.717, 1.165) is 29.4 Å². The molecule has 30 heteroatoms. The number of hydrogen-bond donors (Lipinski definition) is 4. The first-order valence-corrected chi connectivity index (χ1v) is 27.9.